The Kier molecular flexibility index (Phi) is 2.73. The van der Waals surface area contributed by atoms with Gasteiger partial charge in [0.05, 0.1) is 5.92 Å². The maximum absolute atomic E-state index is 12.6. The Balaban J connectivity index is 2.59. The van der Waals surface area contributed by atoms with Gasteiger partial charge in [0.15, 0.2) is 0 Å². The van der Waals surface area contributed by atoms with Crippen LogP contribution >= 0.6 is 0 Å². The molecule has 1 unspecified atom stereocenters. The van der Waals surface area contributed by atoms with Crippen LogP contribution in [0.25, 0.3) is 0 Å². The van der Waals surface area contributed by atoms with Crippen molar-refractivity contribution in [3.8, 4) is 0 Å². The van der Waals surface area contributed by atoms with Crippen LogP contribution in [0.4, 0.5) is 8.78 Å². The summed E-state index contributed by atoms with van der Waals surface area (Å²) in [7, 11) is 0. The molecule has 6 heteroatoms. The molecule has 80 valence electrons. The quantitative estimate of drug-likeness (QED) is 0.720. The second-order valence-electron chi connectivity index (χ2n) is 3.46. The van der Waals surface area contributed by atoms with E-state index in [1.807, 2.05) is 0 Å². The first-order valence-electron chi connectivity index (χ1n) is 4.22. The predicted octanol–water partition coefficient (Wildman–Crippen LogP) is 0.575. The molecular weight excluding hydrogens is 196 g/mol. The van der Waals surface area contributed by atoms with Crippen molar-refractivity contribution in [3.05, 3.63) is 0 Å². The predicted molar refractivity (Wildman–Crippen MR) is 42.9 cm³/mol. The number of rotatable bonds is 2. The molecule has 1 amide bonds. The fraction of sp³-hybridized carbons (Fsp3) is 0.750. The highest BCUT2D eigenvalue weighted by atomic mass is 19.3. The average Bonchev–Trinajstić information content (AvgIpc) is 2.48. The van der Waals surface area contributed by atoms with E-state index in [0.29, 0.717) is 6.92 Å². The number of hydrogen-bond acceptors (Lipinski definition) is 2. The van der Waals surface area contributed by atoms with Gasteiger partial charge in [-0.15, -0.1) is 0 Å². The van der Waals surface area contributed by atoms with E-state index in [1.54, 1.807) is 0 Å². The Morgan fingerprint density at radius 3 is 2.43 bits per heavy atom. The molecule has 1 aliphatic heterocycles. The van der Waals surface area contributed by atoms with Gasteiger partial charge in [0.2, 0.25) is 0 Å². The van der Waals surface area contributed by atoms with Crippen LogP contribution in [-0.4, -0.2) is 40.9 Å². The SMILES string of the molecule is CC(F)(F)C(=O)N1CCC(C(=O)O)C1. The third-order valence-corrected chi connectivity index (χ3v) is 2.20. The molecule has 4 nitrogen and oxygen atoms in total. The van der Waals surface area contributed by atoms with E-state index in [4.69, 9.17) is 5.11 Å². The average molecular weight is 207 g/mol. The van der Waals surface area contributed by atoms with E-state index in [1.165, 1.54) is 0 Å². The Hall–Kier alpha value is -1.20. The van der Waals surface area contributed by atoms with Crippen LogP contribution in [0.15, 0.2) is 0 Å². The highest BCUT2D eigenvalue weighted by Gasteiger charge is 2.41. The zero-order chi connectivity index (χ0) is 10.9. The molecule has 1 heterocycles. The fourth-order valence-corrected chi connectivity index (χ4v) is 1.42. The molecule has 0 aromatic rings. The van der Waals surface area contributed by atoms with Gasteiger partial charge >= 0.3 is 11.9 Å². The lowest BCUT2D eigenvalue weighted by molar-refractivity contribution is -0.154. The lowest BCUT2D eigenvalue weighted by atomic mass is 10.1. The molecular formula is C8H11F2NO3. The Labute approximate surface area is 79.5 Å². The summed E-state index contributed by atoms with van der Waals surface area (Å²) in [6.07, 6.45) is 0.247. The summed E-state index contributed by atoms with van der Waals surface area (Å²) in [5.74, 6) is -6.45. The minimum Gasteiger partial charge on any atom is -0.481 e. The van der Waals surface area contributed by atoms with Crippen molar-refractivity contribution in [2.45, 2.75) is 19.3 Å². The standard InChI is InChI=1S/C8H11F2NO3/c1-8(9,10)7(14)11-3-2-5(4-11)6(12)13/h5H,2-4H2,1H3,(H,12,13). The van der Waals surface area contributed by atoms with Crippen LogP contribution in [0, 0.1) is 5.92 Å². The number of likely N-dealkylation sites (tertiary alicyclic amines) is 1. The van der Waals surface area contributed by atoms with E-state index < -0.39 is 23.7 Å². The number of carboxylic acid groups (broad SMARTS) is 1. The molecule has 0 aromatic carbocycles. The summed E-state index contributed by atoms with van der Waals surface area (Å²) in [5, 5.41) is 8.59. The zero-order valence-electron chi connectivity index (χ0n) is 7.67. The summed E-state index contributed by atoms with van der Waals surface area (Å²) in [5.41, 5.74) is 0. The van der Waals surface area contributed by atoms with Gasteiger partial charge in [-0.3, -0.25) is 9.59 Å². The number of nitrogens with zero attached hydrogens (tertiary/aromatic N) is 1. The summed E-state index contributed by atoms with van der Waals surface area (Å²) in [4.78, 5) is 22.4. The minimum absolute atomic E-state index is 0.0965. The topological polar surface area (TPSA) is 57.6 Å². The highest BCUT2D eigenvalue weighted by Crippen LogP contribution is 2.22. The van der Waals surface area contributed by atoms with Crippen LogP contribution in [-0.2, 0) is 9.59 Å². The van der Waals surface area contributed by atoms with Gasteiger partial charge in [0, 0.05) is 20.0 Å². The Bertz CT molecular complexity index is 262. The second-order valence-corrected chi connectivity index (χ2v) is 3.46. The van der Waals surface area contributed by atoms with Crippen molar-refractivity contribution in [1.29, 1.82) is 0 Å². The Morgan fingerprint density at radius 2 is 2.07 bits per heavy atom. The summed E-state index contributed by atoms with van der Waals surface area (Å²) >= 11 is 0. The van der Waals surface area contributed by atoms with Crippen LogP contribution in [0.3, 0.4) is 0 Å². The number of carbonyl (C=O) groups excluding carboxylic acids is 1. The Morgan fingerprint density at radius 1 is 1.50 bits per heavy atom. The zero-order valence-corrected chi connectivity index (χ0v) is 7.67. The monoisotopic (exact) mass is 207 g/mol. The number of amides is 1. The van der Waals surface area contributed by atoms with Crippen molar-refractivity contribution >= 4 is 11.9 Å². The van der Waals surface area contributed by atoms with Gasteiger partial charge in [-0.2, -0.15) is 8.78 Å². The van der Waals surface area contributed by atoms with Crippen molar-refractivity contribution < 1.29 is 23.5 Å². The van der Waals surface area contributed by atoms with E-state index in [9.17, 15) is 18.4 Å². The maximum Gasteiger partial charge on any atom is 0.322 e. The highest BCUT2D eigenvalue weighted by molar-refractivity contribution is 5.84. The number of hydrogen-bond donors (Lipinski definition) is 1. The van der Waals surface area contributed by atoms with Gasteiger partial charge in [-0.25, -0.2) is 0 Å². The summed E-state index contributed by atoms with van der Waals surface area (Å²) < 4.78 is 25.1. The first-order chi connectivity index (χ1) is 6.32. The first-order valence-corrected chi connectivity index (χ1v) is 4.22. The molecule has 0 aliphatic carbocycles. The molecule has 14 heavy (non-hydrogen) atoms. The molecule has 0 bridgehead atoms. The van der Waals surface area contributed by atoms with Crippen LogP contribution < -0.4 is 0 Å². The van der Waals surface area contributed by atoms with Gasteiger partial charge in [0.25, 0.3) is 5.91 Å². The largest absolute Gasteiger partial charge is 0.481 e. The number of halogens is 2. The first kappa shape index (κ1) is 10.9. The molecule has 1 rings (SSSR count). The summed E-state index contributed by atoms with van der Waals surface area (Å²) in [6.45, 7) is 0.500. The van der Waals surface area contributed by atoms with Crippen molar-refractivity contribution in [2.24, 2.45) is 5.92 Å². The number of aliphatic carboxylic acids is 1. The molecule has 1 aliphatic rings. The van der Waals surface area contributed by atoms with Crippen LogP contribution in [0.1, 0.15) is 13.3 Å². The second kappa shape index (κ2) is 3.51. The maximum atomic E-state index is 12.6. The number of carboxylic acids is 1. The van der Waals surface area contributed by atoms with Crippen LogP contribution in [0.2, 0.25) is 0 Å². The van der Waals surface area contributed by atoms with Gasteiger partial charge in [0.1, 0.15) is 0 Å². The van der Waals surface area contributed by atoms with Crippen molar-refractivity contribution in [1.82, 2.24) is 4.90 Å². The van der Waals surface area contributed by atoms with Crippen molar-refractivity contribution in [2.75, 3.05) is 13.1 Å². The molecule has 1 saturated heterocycles. The fourth-order valence-electron chi connectivity index (χ4n) is 1.42. The molecule has 0 spiro atoms. The normalized spacial score (nSPS) is 22.5. The van der Waals surface area contributed by atoms with Gasteiger partial charge < -0.3 is 10.0 Å². The third kappa shape index (κ3) is 2.18. The number of alkyl halides is 2. The minimum atomic E-state index is -3.41. The molecule has 1 atom stereocenters. The number of carbonyl (C=O) groups is 2. The molecule has 1 fully saturated rings. The van der Waals surface area contributed by atoms with Gasteiger partial charge in [-0.05, 0) is 6.42 Å². The lowest BCUT2D eigenvalue weighted by Gasteiger charge is -2.19. The summed E-state index contributed by atoms with van der Waals surface area (Å²) in [6, 6.07) is 0. The third-order valence-electron chi connectivity index (χ3n) is 2.20. The van der Waals surface area contributed by atoms with Crippen LogP contribution in [0.5, 0.6) is 0 Å². The van der Waals surface area contributed by atoms with E-state index in [0.717, 1.165) is 4.90 Å². The molecule has 0 aromatic heterocycles. The van der Waals surface area contributed by atoms with E-state index in [-0.39, 0.29) is 19.5 Å². The van der Waals surface area contributed by atoms with E-state index >= 15 is 0 Å². The molecule has 0 radical (unpaired) electrons. The smallest absolute Gasteiger partial charge is 0.322 e. The lowest BCUT2D eigenvalue weighted by Crippen LogP contribution is -2.40. The van der Waals surface area contributed by atoms with Gasteiger partial charge in [-0.1, -0.05) is 0 Å². The van der Waals surface area contributed by atoms with E-state index in [2.05, 4.69) is 0 Å². The van der Waals surface area contributed by atoms with Crippen molar-refractivity contribution in [3.63, 3.8) is 0 Å². The molecule has 1 N–H and O–H groups in total. The molecule has 0 saturated carbocycles.